The zero-order valence-electron chi connectivity index (χ0n) is 14.1. The molecular weight excluding hydrogens is 336 g/mol. The number of nitrogens with zero attached hydrogens (tertiary/aromatic N) is 3. The zero-order chi connectivity index (χ0) is 18.4. The van der Waals surface area contributed by atoms with Crippen molar-refractivity contribution in [3.05, 3.63) is 62.0 Å². The molecule has 0 bridgehead atoms. The number of carbonyl (C=O) groups is 1. The van der Waals surface area contributed by atoms with Crippen LogP contribution in [0.4, 0.5) is 11.4 Å². The molecule has 2 aliphatic rings. The minimum atomic E-state index is -1.06. The maximum Gasteiger partial charge on any atom is 0.269 e. The van der Waals surface area contributed by atoms with Crippen molar-refractivity contribution in [2.24, 2.45) is 5.18 Å². The Morgan fingerprint density at radius 3 is 2.65 bits per heavy atom. The summed E-state index contributed by atoms with van der Waals surface area (Å²) in [7, 11) is 2.00. The largest absolute Gasteiger partial charge is 0.323 e. The average Bonchev–Trinajstić information content (AvgIpc) is 2.96. The fourth-order valence-corrected chi connectivity index (χ4v) is 3.74. The number of nitrogens with one attached hydrogen (secondary N) is 1. The smallest absolute Gasteiger partial charge is 0.269 e. The molecule has 0 radical (unpaired) electrons. The Morgan fingerprint density at radius 1 is 1.27 bits per heavy atom. The SMILES string of the molecule is CN1CCc2c(-c3ccc([N+](=O)[O-])cc3)cc3c(c2C1)NC(=O)C3N=O. The minimum absolute atomic E-state index is 0.0211. The third-order valence-electron chi connectivity index (χ3n) is 5.04. The van der Waals surface area contributed by atoms with E-state index in [1.807, 2.05) is 13.1 Å². The second kappa shape index (κ2) is 5.99. The van der Waals surface area contributed by atoms with E-state index >= 15 is 0 Å². The van der Waals surface area contributed by atoms with E-state index in [1.165, 1.54) is 12.1 Å². The van der Waals surface area contributed by atoms with Crippen molar-refractivity contribution in [3.8, 4) is 11.1 Å². The number of anilines is 1. The number of benzene rings is 2. The molecule has 2 aliphatic heterocycles. The van der Waals surface area contributed by atoms with Crippen molar-refractivity contribution in [3.63, 3.8) is 0 Å². The molecule has 0 aliphatic carbocycles. The number of hydrogen-bond donors (Lipinski definition) is 1. The van der Waals surface area contributed by atoms with Gasteiger partial charge in [-0.2, -0.15) is 0 Å². The van der Waals surface area contributed by atoms with Gasteiger partial charge in [-0.25, -0.2) is 0 Å². The second-order valence-corrected chi connectivity index (χ2v) is 6.63. The summed E-state index contributed by atoms with van der Waals surface area (Å²) in [6.45, 7) is 1.53. The van der Waals surface area contributed by atoms with Gasteiger partial charge in [-0.05, 0) is 53.9 Å². The van der Waals surface area contributed by atoms with Crippen molar-refractivity contribution in [1.82, 2.24) is 4.90 Å². The van der Waals surface area contributed by atoms with Crippen LogP contribution in [0.15, 0.2) is 35.5 Å². The number of nitroso groups, excluding NO2 is 1. The van der Waals surface area contributed by atoms with E-state index in [0.29, 0.717) is 17.8 Å². The van der Waals surface area contributed by atoms with E-state index in [1.54, 1.807) is 12.1 Å². The third-order valence-corrected chi connectivity index (χ3v) is 5.04. The van der Waals surface area contributed by atoms with Crippen LogP contribution in [-0.2, 0) is 17.8 Å². The van der Waals surface area contributed by atoms with Gasteiger partial charge in [0.05, 0.1) is 10.6 Å². The highest BCUT2D eigenvalue weighted by Crippen LogP contribution is 2.44. The summed E-state index contributed by atoms with van der Waals surface area (Å²) in [6, 6.07) is 7.09. The molecule has 0 aromatic heterocycles. The molecule has 0 spiro atoms. The van der Waals surface area contributed by atoms with Gasteiger partial charge in [-0.1, -0.05) is 5.18 Å². The van der Waals surface area contributed by atoms with Crippen LogP contribution in [0.5, 0.6) is 0 Å². The summed E-state index contributed by atoms with van der Waals surface area (Å²) in [5, 5.41) is 16.7. The summed E-state index contributed by atoms with van der Waals surface area (Å²) in [6.07, 6.45) is 0.792. The number of fused-ring (bicyclic) bond motifs is 3. The molecule has 1 N–H and O–H groups in total. The standard InChI is InChI=1S/C18H16N4O4/c1-21-7-6-12-13(10-2-4-11(5-3-10)22(25)26)8-14-16(15(12)9-21)19-18(23)17(14)20-24/h2-5,8,17H,6-7,9H2,1H3,(H,19,23). The molecule has 132 valence electrons. The Morgan fingerprint density at radius 2 is 2.00 bits per heavy atom. The van der Waals surface area contributed by atoms with Crippen LogP contribution in [0.1, 0.15) is 22.7 Å². The van der Waals surface area contributed by atoms with E-state index in [0.717, 1.165) is 35.2 Å². The van der Waals surface area contributed by atoms with E-state index in [-0.39, 0.29) is 5.69 Å². The number of nitro benzene ring substituents is 1. The maximum absolute atomic E-state index is 12.1. The first-order chi connectivity index (χ1) is 12.5. The van der Waals surface area contributed by atoms with Gasteiger partial charge in [-0.15, -0.1) is 4.91 Å². The number of non-ortho nitro benzene ring substituents is 1. The highest BCUT2D eigenvalue weighted by atomic mass is 16.6. The molecule has 0 saturated carbocycles. The lowest BCUT2D eigenvalue weighted by Gasteiger charge is -2.29. The molecule has 26 heavy (non-hydrogen) atoms. The van der Waals surface area contributed by atoms with Gasteiger partial charge in [-0.3, -0.25) is 14.9 Å². The Hall–Kier alpha value is -3.13. The molecular formula is C18H16N4O4. The lowest BCUT2D eigenvalue weighted by atomic mass is 9.87. The second-order valence-electron chi connectivity index (χ2n) is 6.63. The Labute approximate surface area is 148 Å². The lowest BCUT2D eigenvalue weighted by molar-refractivity contribution is -0.384. The topological polar surface area (TPSA) is 105 Å². The van der Waals surface area contributed by atoms with Crippen LogP contribution < -0.4 is 5.32 Å². The number of rotatable bonds is 3. The quantitative estimate of drug-likeness (QED) is 0.519. The minimum Gasteiger partial charge on any atom is -0.323 e. The molecule has 4 rings (SSSR count). The summed E-state index contributed by atoms with van der Waals surface area (Å²) in [5.41, 5.74) is 5.09. The molecule has 8 heteroatoms. The van der Waals surface area contributed by atoms with Crippen molar-refractivity contribution in [1.29, 1.82) is 0 Å². The van der Waals surface area contributed by atoms with Gasteiger partial charge >= 0.3 is 0 Å². The number of hydrogen-bond acceptors (Lipinski definition) is 6. The summed E-state index contributed by atoms with van der Waals surface area (Å²) in [5.74, 6) is -0.411. The molecule has 2 heterocycles. The molecule has 2 aromatic carbocycles. The molecule has 2 aromatic rings. The number of carbonyl (C=O) groups excluding carboxylic acids is 1. The van der Waals surface area contributed by atoms with Gasteiger partial charge in [0.25, 0.3) is 11.6 Å². The zero-order valence-corrected chi connectivity index (χ0v) is 14.1. The highest BCUT2D eigenvalue weighted by Gasteiger charge is 2.36. The highest BCUT2D eigenvalue weighted by molar-refractivity contribution is 6.04. The lowest BCUT2D eigenvalue weighted by Crippen LogP contribution is -2.27. The van der Waals surface area contributed by atoms with E-state index < -0.39 is 16.9 Å². The molecule has 8 nitrogen and oxygen atoms in total. The van der Waals surface area contributed by atoms with E-state index in [2.05, 4.69) is 15.4 Å². The maximum atomic E-state index is 12.1. The number of amides is 1. The van der Waals surface area contributed by atoms with Gasteiger partial charge in [0, 0.05) is 30.8 Å². The van der Waals surface area contributed by atoms with Crippen LogP contribution in [0, 0.1) is 15.0 Å². The molecule has 1 amide bonds. The summed E-state index contributed by atoms with van der Waals surface area (Å²) < 4.78 is 0. The number of likely N-dealkylation sites (N-methyl/N-ethyl adjacent to an activating group) is 1. The molecule has 1 atom stereocenters. The first-order valence-corrected chi connectivity index (χ1v) is 8.25. The average molecular weight is 352 g/mol. The van der Waals surface area contributed by atoms with E-state index in [9.17, 15) is 19.8 Å². The Kier molecular flexibility index (Phi) is 3.77. The molecule has 0 fully saturated rings. The van der Waals surface area contributed by atoms with E-state index in [4.69, 9.17) is 0 Å². The first kappa shape index (κ1) is 16.3. The van der Waals surface area contributed by atoms with Crippen molar-refractivity contribution in [2.45, 2.75) is 19.0 Å². The monoisotopic (exact) mass is 352 g/mol. The van der Waals surface area contributed by atoms with Gasteiger partial charge in [0.1, 0.15) is 0 Å². The fraction of sp³-hybridized carbons (Fsp3) is 0.278. The van der Waals surface area contributed by atoms with Crippen molar-refractivity contribution in [2.75, 3.05) is 18.9 Å². The van der Waals surface area contributed by atoms with Crippen LogP contribution in [0.25, 0.3) is 11.1 Å². The van der Waals surface area contributed by atoms with Crippen molar-refractivity contribution >= 4 is 17.3 Å². The van der Waals surface area contributed by atoms with Crippen molar-refractivity contribution < 1.29 is 9.72 Å². The first-order valence-electron chi connectivity index (χ1n) is 8.25. The number of nitro groups is 1. The Balaban J connectivity index is 1.91. The molecule has 0 saturated heterocycles. The predicted molar refractivity (Wildman–Crippen MR) is 95.7 cm³/mol. The summed E-state index contributed by atoms with van der Waals surface area (Å²) in [4.78, 5) is 35.9. The van der Waals surface area contributed by atoms with Gasteiger partial charge in [0.15, 0.2) is 6.04 Å². The fourth-order valence-electron chi connectivity index (χ4n) is 3.74. The van der Waals surface area contributed by atoms with Gasteiger partial charge in [0.2, 0.25) is 0 Å². The summed E-state index contributed by atoms with van der Waals surface area (Å²) >= 11 is 0. The predicted octanol–water partition coefficient (Wildman–Crippen LogP) is 3.01. The molecule has 1 unspecified atom stereocenters. The third kappa shape index (κ3) is 2.46. The van der Waals surface area contributed by atoms with Crippen LogP contribution in [-0.4, -0.2) is 29.3 Å². The van der Waals surface area contributed by atoms with Gasteiger partial charge < -0.3 is 10.2 Å². The van der Waals surface area contributed by atoms with Crippen LogP contribution in [0.3, 0.4) is 0 Å². The normalized spacial score (nSPS) is 18.8. The Bertz CT molecular complexity index is 939. The van der Waals surface area contributed by atoms with Crippen LogP contribution in [0.2, 0.25) is 0 Å². The van der Waals surface area contributed by atoms with Crippen LogP contribution >= 0.6 is 0 Å².